The van der Waals surface area contributed by atoms with Gasteiger partial charge in [-0.05, 0) is 6.07 Å². The molecule has 0 aliphatic carbocycles. The molecular weight excluding hydrogens is 195 g/mol. The van der Waals surface area contributed by atoms with Crippen molar-refractivity contribution in [3.05, 3.63) is 42.0 Å². The summed E-state index contributed by atoms with van der Waals surface area (Å²) >= 11 is 0. The van der Waals surface area contributed by atoms with Gasteiger partial charge in [-0.15, -0.1) is 0 Å². The predicted molar refractivity (Wildman–Crippen MR) is 54.5 cm³/mol. The Balaban J connectivity index is 2.59. The van der Waals surface area contributed by atoms with E-state index in [0.29, 0.717) is 16.8 Å². The second kappa shape index (κ2) is 3.82. The maximum atomic E-state index is 13.5. The minimum absolute atomic E-state index is 0.153. The van der Waals surface area contributed by atoms with Crippen LogP contribution >= 0.6 is 0 Å². The number of rotatable bonds is 2. The lowest BCUT2D eigenvalue weighted by Gasteiger charge is -2.03. The Kier molecular flexibility index (Phi) is 2.51. The van der Waals surface area contributed by atoms with Crippen LogP contribution in [-0.4, -0.2) is 14.9 Å². The van der Waals surface area contributed by atoms with Crippen molar-refractivity contribution in [1.82, 2.24) is 9.78 Å². The van der Waals surface area contributed by atoms with Crippen molar-refractivity contribution < 1.29 is 9.50 Å². The van der Waals surface area contributed by atoms with Gasteiger partial charge in [-0.3, -0.25) is 4.68 Å². The van der Waals surface area contributed by atoms with Crippen molar-refractivity contribution in [3.8, 4) is 11.1 Å². The van der Waals surface area contributed by atoms with Crippen LogP contribution < -0.4 is 0 Å². The van der Waals surface area contributed by atoms with Gasteiger partial charge in [-0.25, -0.2) is 4.39 Å². The van der Waals surface area contributed by atoms with E-state index in [4.69, 9.17) is 5.11 Å². The van der Waals surface area contributed by atoms with Gasteiger partial charge in [0.1, 0.15) is 5.82 Å². The SMILES string of the molecule is Cn1ncc(-c2ccccc2F)c1CO. The summed E-state index contributed by atoms with van der Waals surface area (Å²) in [5, 5.41) is 13.2. The van der Waals surface area contributed by atoms with Crippen LogP contribution in [0.2, 0.25) is 0 Å². The van der Waals surface area contributed by atoms with Crippen LogP contribution in [0.1, 0.15) is 5.69 Å². The fourth-order valence-electron chi connectivity index (χ4n) is 1.55. The number of aliphatic hydroxyl groups excluding tert-OH is 1. The maximum Gasteiger partial charge on any atom is 0.131 e. The molecule has 0 radical (unpaired) electrons. The van der Waals surface area contributed by atoms with E-state index in [2.05, 4.69) is 5.10 Å². The maximum absolute atomic E-state index is 13.5. The van der Waals surface area contributed by atoms with Crippen molar-refractivity contribution in [3.63, 3.8) is 0 Å². The highest BCUT2D eigenvalue weighted by Crippen LogP contribution is 2.25. The summed E-state index contributed by atoms with van der Waals surface area (Å²) in [6.45, 7) is -0.153. The lowest BCUT2D eigenvalue weighted by molar-refractivity contribution is 0.271. The normalized spacial score (nSPS) is 10.6. The molecule has 0 saturated heterocycles. The van der Waals surface area contributed by atoms with Crippen LogP contribution in [0.4, 0.5) is 4.39 Å². The molecule has 2 rings (SSSR count). The molecule has 1 N–H and O–H groups in total. The summed E-state index contributed by atoms with van der Waals surface area (Å²) < 4.78 is 15.0. The van der Waals surface area contributed by atoms with Gasteiger partial charge in [0.15, 0.2) is 0 Å². The number of benzene rings is 1. The molecule has 0 spiro atoms. The molecule has 0 bridgehead atoms. The van der Waals surface area contributed by atoms with E-state index in [1.54, 1.807) is 36.1 Å². The van der Waals surface area contributed by atoms with Gasteiger partial charge in [0, 0.05) is 18.2 Å². The van der Waals surface area contributed by atoms with Crippen molar-refractivity contribution in [1.29, 1.82) is 0 Å². The predicted octanol–water partition coefficient (Wildman–Crippen LogP) is 1.72. The molecule has 0 saturated carbocycles. The molecule has 4 heteroatoms. The lowest BCUT2D eigenvalue weighted by atomic mass is 10.1. The van der Waals surface area contributed by atoms with Crippen LogP contribution in [0, 0.1) is 5.82 Å². The van der Waals surface area contributed by atoms with Crippen LogP contribution in [0.3, 0.4) is 0 Å². The summed E-state index contributed by atoms with van der Waals surface area (Å²) in [7, 11) is 1.72. The molecule has 0 atom stereocenters. The molecule has 15 heavy (non-hydrogen) atoms. The molecule has 1 heterocycles. The second-order valence-electron chi connectivity index (χ2n) is 3.27. The monoisotopic (exact) mass is 206 g/mol. The molecule has 0 aliphatic heterocycles. The smallest absolute Gasteiger partial charge is 0.131 e. The third-order valence-corrected chi connectivity index (χ3v) is 2.38. The van der Waals surface area contributed by atoms with E-state index in [1.807, 2.05) is 0 Å². The van der Waals surface area contributed by atoms with Gasteiger partial charge in [0.25, 0.3) is 0 Å². The molecule has 2 aromatic rings. The summed E-state index contributed by atoms with van der Waals surface area (Å²) in [6, 6.07) is 6.45. The van der Waals surface area contributed by atoms with Crippen molar-refractivity contribution in [2.75, 3.05) is 0 Å². The summed E-state index contributed by atoms with van der Waals surface area (Å²) in [5.74, 6) is -0.305. The minimum atomic E-state index is -0.305. The first-order chi connectivity index (χ1) is 7.24. The quantitative estimate of drug-likeness (QED) is 0.812. The number of aromatic nitrogens is 2. The summed E-state index contributed by atoms with van der Waals surface area (Å²) in [6.07, 6.45) is 1.56. The highest BCUT2D eigenvalue weighted by molar-refractivity contribution is 5.65. The molecule has 0 unspecified atom stereocenters. The van der Waals surface area contributed by atoms with E-state index < -0.39 is 0 Å². The third kappa shape index (κ3) is 1.64. The largest absolute Gasteiger partial charge is 0.390 e. The van der Waals surface area contributed by atoms with E-state index in [9.17, 15) is 4.39 Å². The number of aryl methyl sites for hydroxylation is 1. The van der Waals surface area contributed by atoms with E-state index in [1.165, 1.54) is 6.07 Å². The van der Waals surface area contributed by atoms with Crippen molar-refractivity contribution in [2.45, 2.75) is 6.61 Å². The Labute approximate surface area is 86.8 Å². The molecule has 0 amide bonds. The Bertz CT molecular complexity index is 479. The number of hydrogen-bond donors (Lipinski definition) is 1. The van der Waals surface area contributed by atoms with E-state index >= 15 is 0 Å². The highest BCUT2D eigenvalue weighted by Gasteiger charge is 2.12. The molecular formula is C11H11FN2O. The number of halogens is 1. The zero-order valence-corrected chi connectivity index (χ0v) is 8.31. The zero-order chi connectivity index (χ0) is 10.8. The van der Waals surface area contributed by atoms with Crippen LogP contribution in [-0.2, 0) is 13.7 Å². The van der Waals surface area contributed by atoms with Crippen LogP contribution in [0.5, 0.6) is 0 Å². The van der Waals surface area contributed by atoms with Gasteiger partial charge >= 0.3 is 0 Å². The first-order valence-corrected chi connectivity index (χ1v) is 4.60. The average molecular weight is 206 g/mol. The molecule has 0 aliphatic rings. The Morgan fingerprint density at radius 2 is 2.07 bits per heavy atom. The Morgan fingerprint density at radius 3 is 2.73 bits per heavy atom. The Hall–Kier alpha value is -1.68. The first kappa shape index (κ1) is 9.86. The van der Waals surface area contributed by atoms with Gasteiger partial charge in [-0.2, -0.15) is 5.10 Å². The minimum Gasteiger partial charge on any atom is -0.390 e. The van der Waals surface area contributed by atoms with Gasteiger partial charge < -0.3 is 5.11 Å². The lowest BCUT2D eigenvalue weighted by Crippen LogP contribution is -1.99. The summed E-state index contributed by atoms with van der Waals surface area (Å²) in [4.78, 5) is 0. The molecule has 3 nitrogen and oxygen atoms in total. The van der Waals surface area contributed by atoms with Gasteiger partial charge in [0.2, 0.25) is 0 Å². The highest BCUT2D eigenvalue weighted by atomic mass is 19.1. The first-order valence-electron chi connectivity index (χ1n) is 4.60. The number of aliphatic hydroxyl groups is 1. The topological polar surface area (TPSA) is 38.0 Å². The number of nitrogens with zero attached hydrogens (tertiary/aromatic N) is 2. The molecule has 1 aromatic heterocycles. The van der Waals surface area contributed by atoms with E-state index in [-0.39, 0.29) is 12.4 Å². The summed E-state index contributed by atoms with van der Waals surface area (Å²) in [5.41, 5.74) is 1.72. The molecule has 78 valence electrons. The standard InChI is InChI=1S/C11H11FN2O/c1-14-11(7-15)9(6-13-14)8-4-2-3-5-10(8)12/h2-6,15H,7H2,1H3. The van der Waals surface area contributed by atoms with E-state index in [0.717, 1.165) is 0 Å². The Morgan fingerprint density at radius 1 is 1.33 bits per heavy atom. The van der Waals surface area contributed by atoms with Gasteiger partial charge in [-0.1, -0.05) is 18.2 Å². The zero-order valence-electron chi connectivity index (χ0n) is 8.31. The van der Waals surface area contributed by atoms with Crippen LogP contribution in [0.15, 0.2) is 30.5 Å². The molecule has 0 fully saturated rings. The van der Waals surface area contributed by atoms with Crippen molar-refractivity contribution >= 4 is 0 Å². The average Bonchev–Trinajstić information content (AvgIpc) is 2.60. The third-order valence-electron chi connectivity index (χ3n) is 2.38. The molecule has 1 aromatic carbocycles. The van der Waals surface area contributed by atoms with Crippen molar-refractivity contribution in [2.24, 2.45) is 7.05 Å². The fourth-order valence-corrected chi connectivity index (χ4v) is 1.55. The van der Waals surface area contributed by atoms with Crippen LogP contribution in [0.25, 0.3) is 11.1 Å². The second-order valence-corrected chi connectivity index (χ2v) is 3.27. The van der Waals surface area contributed by atoms with Gasteiger partial charge in [0.05, 0.1) is 18.5 Å². The number of hydrogen-bond acceptors (Lipinski definition) is 2. The fraction of sp³-hybridized carbons (Fsp3) is 0.182.